The Labute approximate surface area is 147 Å². The lowest BCUT2D eigenvalue weighted by molar-refractivity contribution is 0.0252. The number of anilines is 1. The molecule has 1 heterocycles. The maximum atomic E-state index is 11.0. The van der Waals surface area contributed by atoms with Crippen molar-refractivity contribution in [3.05, 3.63) is 59.2 Å². The van der Waals surface area contributed by atoms with Crippen molar-refractivity contribution >= 4 is 28.2 Å². The van der Waals surface area contributed by atoms with Gasteiger partial charge in [0.2, 0.25) is 0 Å². The molecule has 3 rings (SSSR count). The Morgan fingerprint density at radius 1 is 1.08 bits per heavy atom. The molecule has 1 aromatic heterocycles. The lowest BCUT2D eigenvalue weighted by Gasteiger charge is -2.28. The number of nitrogens with two attached hydrogens (primary N) is 1. The molecule has 3 nitrogen and oxygen atoms in total. The highest BCUT2D eigenvalue weighted by atomic mass is 35.5. The predicted octanol–water partition coefficient (Wildman–Crippen LogP) is 5.15. The average molecular weight is 341 g/mol. The fraction of sp³-hybridized carbons (Fsp3) is 0.250. The smallest absolute Gasteiger partial charge is 0.108 e. The maximum absolute atomic E-state index is 11.0. The number of aromatic nitrogens is 1. The highest BCUT2D eigenvalue weighted by molar-refractivity contribution is 6.31. The summed E-state index contributed by atoms with van der Waals surface area (Å²) in [4.78, 5) is 4.68. The normalized spacial score (nSPS) is 11.8. The minimum absolute atomic E-state index is 0.516. The van der Waals surface area contributed by atoms with Gasteiger partial charge in [0.1, 0.15) is 5.60 Å². The molecule has 3 N–H and O–H groups in total. The number of benzene rings is 2. The summed E-state index contributed by atoms with van der Waals surface area (Å²) in [7, 11) is 0. The van der Waals surface area contributed by atoms with Gasteiger partial charge in [-0.1, -0.05) is 55.8 Å². The number of pyridine rings is 1. The van der Waals surface area contributed by atoms with Crippen LogP contribution in [0.25, 0.3) is 22.0 Å². The van der Waals surface area contributed by atoms with Crippen molar-refractivity contribution in [3.8, 4) is 11.1 Å². The molecule has 0 saturated heterocycles. The van der Waals surface area contributed by atoms with Gasteiger partial charge in [0.25, 0.3) is 0 Å². The van der Waals surface area contributed by atoms with Gasteiger partial charge >= 0.3 is 0 Å². The number of nitrogen functional groups attached to an aromatic ring is 1. The quantitative estimate of drug-likeness (QED) is 0.690. The molecule has 0 aliphatic heterocycles. The van der Waals surface area contributed by atoms with Crippen LogP contribution in [0.15, 0.2) is 48.5 Å². The van der Waals surface area contributed by atoms with E-state index in [9.17, 15) is 5.11 Å². The van der Waals surface area contributed by atoms with Crippen LogP contribution in [0.2, 0.25) is 5.02 Å². The van der Waals surface area contributed by atoms with E-state index in [0.29, 0.717) is 29.2 Å². The number of aliphatic hydroxyl groups is 1. The van der Waals surface area contributed by atoms with Crippen molar-refractivity contribution in [3.63, 3.8) is 0 Å². The summed E-state index contributed by atoms with van der Waals surface area (Å²) in [5.74, 6) is 0. The summed E-state index contributed by atoms with van der Waals surface area (Å²) in [6.45, 7) is 3.89. The first-order valence-electron chi connectivity index (χ1n) is 8.17. The summed E-state index contributed by atoms with van der Waals surface area (Å²) in [5.41, 5.74) is 9.16. The zero-order chi connectivity index (χ0) is 17.3. The Balaban J connectivity index is 2.42. The van der Waals surface area contributed by atoms with Gasteiger partial charge in [-0.05, 0) is 36.6 Å². The molecule has 24 heavy (non-hydrogen) atoms. The molecule has 124 valence electrons. The van der Waals surface area contributed by atoms with Gasteiger partial charge in [0.05, 0.1) is 16.9 Å². The summed E-state index contributed by atoms with van der Waals surface area (Å²) < 4.78 is 0. The third-order valence-electron chi connectivity index (χ3n) is 4.66. The average Bonchev–Trinajstić information content (AvgIpc) is 2.61. The standard InChI is InChI=1S/C20H21ClN2O/c1-3-20(24,4-2)19-18(22)17(13-8-6-5-7-9-13)15-12-14(21)10-11-16(15)23-19/h5-12,24H,3-4,22H2,1-2H3. The third kappa shape index (κ3) is 2.74. The van der Waals surface area contributed by atoms with Crippen LogP contribution in [-0.2, 0) is 5.60 Å². The van der Waals surface area contributed by atoms with Gasteiger partial charge < -0.3 is 10.8 Å². The SMILES string of the molecule is CCC(O)(CC)c1nc2ccc(Cl)cc2c(-c2ccccc2)c1N. The maximum Gasteiger partial charge on any atom is 0.108 e. The van der Waals surface area contributed by atoms with Crippen LogP contribution in [0.4, 0.5) is 5.69 Å². The van der Waals surface area contributed by atoms with Crippen molar-refractivity contribution < 1.29 is 5.11 Å². The first-order chi connectivity index (χ1) is 11.5. The highest BCUT2D eigenvalue weighted by Gasteiger charge is 2.31. The largest absolute Gasteiger partial charge is 0.397 e. The predicted molar refractivity (Wildman–Crippen MR) is 101 cm³/mol. The molecule has 0 aliphatic carbocycles. The Kier molecular flexibility index (Phi) is 4.48. The molecular formula is C20H21ClN2O. The number of hydrogen-bond donors (Lipinski definition) is 2. The number of nitrogens with zero attached hydrogens (tertiary/aromatic N) is 1. The van der Waals surface area contributed by atoms with E-state index < -0.39 is 5.60 Å². The highest BCUT2D eigenvalue weighted by Crippen LogP contribution is 2.41. The van der Waals surface area contributed by atoms with Gasteiger partial charge in [-0.25, -0.2) is 4.98 Å². The molecule has 0 unspecified atom stereocenters. The lowest BCUT2D eigenvalue weighted by atomic mass is 9.88. The summed E-state index contributed by atoms with van der Waals surface area (Å²) >= 11 is 6.20. The summed E-state index contributed by atoms with van der Waals surface area (Å²) in [6, 6.07) is 15.5. The van der Waals surface area contributed by atoms with Crippen LogP contribution in [0.3, 0.4) is 0 Å². The van der Waals surface area contributed by atoms with E-state index in [4.69, 9.17) is 17.3 Å². The molecule has 0 saturated carbocycles. The molecule has 2 aromatic carbocycles. The van der Waals surface area contributed by atoms with Crippen molar-refractivity contribution in [2.45, 2.75) is 32.3 Å². The number of halogens is 1. The van der Waals surface area contributed by atoms with Gasteiger partial charge in [0, 0.05) is 16.0 Å². The Morgan fingerprint density at radius 3 is 2.38 bits per heavy atom. The van der Waals surface area contributed by atoms with E-state index in [2.05, 4.69) is 4.98 Å². The second-order valence-corrected chi connectivity index (χ2v) is 6.45. The van der Waals surface area contributed by atoms with Crippen LogP contribution in [0.1, 0.15) is 32.4 Å². The summed E-state index contributed by atoms with van der Waals surface area (Å²) in [5, 5.41) is 12.5. The third-order valence-corrected chi connectivity index (χ3v) is 4.89. The van der Waals surface area contributed by atoms with E-state index in [1.165, 1.54) is 0 Å². The van der Waals surface area contributed by atoms with Crippen LogP contribution >= 0.6 is 11.6 Å². The van der Waals surface area contributed by atoms with E-state index >= 15 is 0 Å². The zero-order valence-electron chi connectivity index (χ0n) is 13.9. The Morgan fingerprint density at radius 2 is 1.75 bits per heavy atom. The monoisotopic (exact) mass is 340 g/mol. The molecule has 0 atom stereocenters. The number of fused-ring (bicyclic) bond motifs is 1. The van der Waals surface area contributed by atoms with Crippen LogP contribution in [0, 0.1) is 0 Å². The summed E-state index contributed by atoms with van der Waals surface area (Å²) in [6.07, 6.45) is 1.10. The minimum atomic E-state index is -1.04. The molecule has 0 radical (unpaired) electrons. The topological polar surface area (TPSA) is 59.1 Å². The van der Waals surface area contributed by atoms with Crippen molar-refractivity contribution in [2.24, 2.45) is 0 Å². The van der Waals surface area contributed by atoms with Crippen molar-refractivity contribution in [1.82, 2.24) is 4.98 Å². The number of rotatable bonds is 4. The van der Waals surface area contributed by atoms with E-state index in [0.717, 1.165) is 22.0 Å². The van der Waals surface area contributed by atoms with Crippen molar-refractivity contribution in [1.29, 1.82) is 0 Å². The first-order valence-corrected chi connectivity index (χ1v) is 8.55. The zero-order valence-corrected chi connectivity index (χ0v) is 14.6. The molecule has 0 fully saturated rings. The first kappa shape index (κ1) is 16.7. The van der Waals surface area contributed by atoms with Gasteiger partial charge in [-0.2, -0.15) is 0 Å². The fourth-order valence-electron chi connectivity index (χ4n) is 3.11. The van der Waals surface area contributed by atoms with Gasteiger partial charge in [-0.15, -0.1) is 0 Å². The van der Waals surface area contributed by atoms with E-state index in [1.54, 1.807) is 0 Å². The molecular weight excluding hydrogens is 320 g/mol. The van der Waals surface area contributed by atoms with Crippen molar-refractivity contribution in [2.75, 3.05) is 5.73 Å². The van der Waals surface area contributed by atoms with E-state index in [-0.39, 0.29) is 0 Å². The van der Waals surface area contributed by atoms with E-state index in [1.807, 2.05) is 62.4 Å². The Bertz CT molecular complexity index is 874. The minimum Gasteiger partial charge on any atom is -0.397 e. The molecule has 3 aromatic rings. The van der Waals surface area contributed by atoms with Gasteiger partial charge in [-0.3, -0.25) is 0 Å². The molecule has 0 spiro atoms. The van der Waals surface area contributed by atoms with Gasteiger partial charge in [0.15, 0.2) is 0 Å². The second-order valence-electron chi connectivity index (χ2n) is 6.02. The van der Waals surface area contributed by atoms with Crippen LogP contribution in [0.5, 0.6) is 0 Å². The molecule has 0 bridgehead atoms. The molecule has 4 heteroatoms. The Hall–Kier alpha value is -2.10. The molecule has 0 amide bonds. The van der Waals surface area contributed by atoms with Crippen LogP contribution < -0.4 is 5.73 Å². The second kappa shape index (κ2) is 6.42. The molecule has 0 aliphatic rings. The van der Waals surface area contributed by atoms with Crippen LogP contribution in [-0.4, -0.2) is 10.1 Å². The fourth-order valence-corrected chi connectivity index (χ4v) is 3.28. The lowest BCUT2D eigenvalue weighted by Crippen LogP contribution is -2.27. The number of hydrogen-bond acceptors (Lipinski definition) is 3.